The van der Waals surface area contributed by atoms with Gasteiger partial charge in [-0.15, -0.1) is 11.3 Å². The molecule has 0 aliphatic carbocycles. The van der Waals surface area contributed by atoms with Crippen molar-refractivity contribution in [2.75, 3.05) is 13.1 Å². The van der Waals surface area contributed by atoms with E-state index in [1.807, 2.05) is 11.3 Å². The van der Waals surface area contributed by atoms with Crippen LogP contribution in [0.1, 0.15) is 23.8 Å². The normalized spacial score (nSPS) is 18.4. The molecule has 0 amide bonds. The molecule has 1 aliphatic heterocycles. The Morgan fingerprint density at radius 2 is 2.00 bits per heavy atom. The molecule has 78 valence electrons. The summed E-state index contributed by atoms with van der Waals surface area (Å²) < 4.78 is 1.34. The average molecular weight is 219 g/mol. The zero-order valence-electron chi connectivity index (χ0n) is 8.65. The number of fused-ring (bicyclic) bond motifs is 1. The van der Waals surface area contributed by atoms with Gasteiger partial charge in [0.05, 0.1) is 28.3 Å². The van der Waals surface area contributed by atoms with Crippen molar-refractivity contribution in [1.29, 1.82) is 0 Å². The first-order valence-electron chi connectivity index (χ1n) is 5.60. The van der Waals surface area contributed by atoms with E-state index in [0.29, 0.717) is 5.92 Å². The summed E-state index contributed by atoms with van der Waals surface area (Å²) in [7, 11) is 0. The summed E-state index contributed by atoms with van der Waals surface area (Å²) in [6.45, 7) is 2.53. The first-order valence-corrected chi connectivity index (χ1v) is 6.42. The number of hydrogen-bond acceptors (Lipinski definition) is 2. The lowest BCUT2D eigenvalue weighted by atomic mass is 9.99. The number of rotatable bonds is 1. The van der Waals surface area contributed by atoms with Crippen molar-refractivity contribution in [1.82, 2.24) is 4.98 Å². The van der Waals surface area contributed by atoms with Gasteiger partial charge in [-0.2, -0.15) is 0 Å². The Hall–Kier alpha value is -0.930. The van der Waals surface area contributed by atoms with Gasteiger partial charge in [0, 0.05) is 18.8 Å². The van der Waals surface area contributed by atoms with Gasteiger partial charge in [0.25, 0.3) is 0 Å². The van der Waals surface area contributed by atoms with Crippen molar-refractivity contribution in [2.24, 2.45) is 0 Å². The Kier molecular flexibility index (Phi) is 2.43. The summed E-state index contributed by atoms with van der Waals surface area (Å²) in [5.41, 5.74) is 1.17. The SMILES string of the molecule is c1ccc2sc(C3CC[NH2+]CC3)nc2c1. The topological polar surface area (TPSA) is 29.5 Å². The van der Waals surface area contributed by atoms with Gasteiger partial charge in [0.15, 0.2) is 0 Å². The zero-order valence-corrected chi connectivity index (χ0v) is 9.46. The molecule has 0 saturated carbocycles. The maximum absolute atomic E-state index is 4.74. The molecule has 1 fully saturated rings. The average Bonchev–Trinajstić information content (AvgIpc) is 2.74. The minimum absolute atomic E-state index is 0.715. The molecule has 3 rings (SSSR count). The third kappa shape index (κ3) is 1.77. The van der Waals surface area contributed by atoms with E-state index in [9.17, 15) is 0 Å². The highest BCUT2D eigenvalue weighted by Gasteiger charge is 2.20. The smallest absolute Gasteiger partial charge is 0.0974 e. The van der Waals surface area contributed by atoms with Crippen LogP contribution in [0, 0.1) is 0 Å². The van der Waals surface area contributed by atoms with E-state index in [1.165, 1.54) is 41.2 Å². The molecule has 2 heterocycles. The minimum Gasteiger partial charge on any atom is -0.346 e. The third-order valence-electron chi connectivity index (χ3n) is 3.10. The minimum atomic E-state index is 0.715. The number of hydrogen-bond donors (Lipinski definition) is 1. The molecule has 2 N–H and O–H groups in total. The number of para-hydroxylation sites is 1. The van der Waals surface area contributed by atoms with Crippen LogP contribution in [0.5, 0.6) is 0 Å². The second kappa shape index (κ2) is 3.91. The zero-order chi connectivity index (χ0) is 10.1. The molecule has 0 unspecified atom stereocenters. The maximum atomic E-state index is 4.74. The fourth-order valence-corrected chi connectivity index (χ4v) is 3.37. The summed E-state index contributed by atoms with van der Waals surface area (Å²) in [6.07, 6.45) is 2.58. The van der Waals surface area contributed by atoms with Crippen LogP contribution in [0.2, 0.25) is 0 Å². The predicted molar refractivity (Wildman–Crippen MR) is 63.3 cm³/mol. The second-order valence-corrected chi connectivity index (χ2v) is 5.22. The van der Waals surface area contributed by atoms with Gasteiger partial charge < -0.3 is 5.32 Å². The molecule has 0 radical (unpaired) electrons. The number of nitrogens with two attached hydrogens (primary N) is 1. The highest BCUT2D eigenvalue weighted by atomic mass is 32.1. The van der Waals surface area contributed by atoms with Crippen LogP contribution in [0.25, 0.3) is 10.2 Å². The van der Waals surface area contributed by atoms with E-state index >= 15 is 0 Å². The standard InChI is InChI=1S/C12H14N2S/c1-2-4-11-10(3-1)14-12(15-11)9-5-7-13-8-6-9/h1-4,9,13H,5-8H2/p+1. The van der Waals surface area contributed by atoms with Crippen LogP contribution in [0.4, 0.5) is 0 Å². The molecule has 2 nitrogen and oxygen atoms in total. The Morgan fingerprint density at radius 1 is 1.20 bits per heavy atom. The molecule has 0 spiro atoms. The van der Waals surface area contributed by atoms with Gasteiger partial charge >= 0.3 is 0 Å². The van der Waals surface area contributed by atoms with Crippen LogP contribution in [0.3, 0.4) is 0 Å². The van der Waals surface area contributed by atoms with Crippen molar-refractivity contribution >= 4 is 21.6 Å². The lowest BCUT2D eigenvalue weighted by Crippen LogP contribution is -2.86. The van der Waals surface area contributed by atoms with E-state index in [2.05, 4.69) is 29.6 Å². The molecule has 2 aromatic rings. The quantitative estimate of drug-likeness (QED) is 0.778. The molecule has 1 aromatic heterocycles. The molecule has 3 heteroatoms. The summed E-state index contributed by atoms with van der Waals surface area (Å²) >= 11 is 1.88. The first-order chi connectivity index (χ1) is 7.43. The molecule has 1 aromatic carbocycles. The van der Waals surface area contributed by atoms with Gasteiger partial charge in [0.1, 0.15) is 0 Å². The number of thiazole rings is 1. The Labute approximate surface area is 93.3 Å². The molecule has 0 atom stereocenters. The Bertz CT molecular complexity index is 424. The summed E-state index contributed by atoms with van der Waals surface area (Å²) in [4.78, 5) is 4.74. The van der Waals surface area contributed by atoms with Gasteiger partial charge in [-0.3, -0.25) is 0 Å². The van der Waals surface area contributed by atoms with Crippen molar-refractivity contribution in [2.45, 2.75) is 18.8 Å². The number of quaternary nitrogens is 1. The predicted octanol–water partition coefficient (Wildman–Crippen LogP) is 1.74. The largest absolute Gasteiger partial charge is 0.346 e. The van der Waals surface area contributed by atoms with Crippen molar-refractivity contribution in [3.8, 4) is 0 Å². The summed E-state index contributed by atoms with van der Waals surface area (Å²) in [5, 5.41) is 3.76. The fraction of sp³-hybridized carbons (Fsp3) is 0.417. The van der Waals surface area contributed by atoms with Gasteiger partial charge in [-0.1, -0.05) is 12.1 Å². The van der Waals surface area contributed by atoms with Gasteiger partial charge in [-0.05, 0) is 12.1 Å². The second-order valence-electron chi connectivity index (χ2n) is 4.16. The van der Waals surface area contributed by atoms with Crippen LogP contribution < -0.4 is 5.32 Å². The fourth-order valence-electron chi connectivity index (χ4n) is 2.24. The lowest BCUT2D eigenvalue weighted by molar-refractivity contribution is -0.663. The molecule has 1 aliphatic rings. The van der Waals surface area contributed by atoms with E-state index < -0.39 is 0 Å². The number of piperidine rings is 1. The van der Waals surface area contributed by atoms with Crippen LogP contribution in [0.15, 0.2) is 24.3 Å². The van der Waals surface area contributed by atoms with Crippen LogP contribution in [-0.2, 0) is 0 Å². The van der Waals surface area contributed by atoms with E-state index in [0.717, 1.165) is 0 Å². The Morgan fingerprint density at radius 3 is 2.80 bits per heavy atom. The number of aromatic nitrogens is 1. The third-order valence-corrected chi connectivity index (χ3v) is 4.30. The molecule has 15 heavy (non-hydrogen) atoms. The lowest BCUT2D eigenvalue weighted by Gasteiger charge is -2.17. The monoisotopic (exact) mass is 219 g/mol. The molecular weight excluding hydrogens is 204 g/mol. The van der Waals surface area contributed by atoms with E-state index in [4.69, 9.17) is 4.98 Å². The Balaban J connectivity index is 1.96. The van der Waals surface area contributed by atoms with Crippen molar-refractivity contribution < 1.29 is 5.32 Å². The maximum Gasteiger partial charge on any atom is 0.0974 e. The number of benzene rings is 1. The molecule has 0 bridgehead atoms. The first kappa shape index (κ1) is 9.31. The van der Waals surface area contributed by atoms with Crippen LogP contribution in [-0.4, -0.2) is 18.1 Å². The molecular formula is C12H15N2S+. The summed E-state index contributed by atoms with van der Waals surface area (Å²) in [6, 6.07) is 8.45. The van der Waals surface area contributed by atoms with Crippen molar-refractivity contribution in [3.05, 3.63) is 29.3 Å². The summed E-state index contributed by atoms with van der Waals surface area (Å²) in [5.74, 6) is 0.715. The highest BCUT2D eigenvalue weighted by molar-refractivity contribution is 7.18. The molecule has 1 saturated heterocycles. The van der Waals surface area contributed by atoms with Crippen molar-refractivity contribution in [3.63, 3.8) is 0 Å². The van der Waals surface area contributed by atoms with Crippen LogP contribution >= 0.6 is 11.3 Å². The van der Waals surface area contributed by atoms with Gasteiger partial charge in [-0.25, -0.2) is 4.98 Å². The number of nitrogens with zero attached hydrogens (tertiary/aromatic N) is 1. The highest BCUT2D eigenvalue weighted by Crippen LogP contribution is 2.31. The van der Waals surface area contributed by atoms with E-state index in [-0.39, 0.29) is 0 Å². The van der Waals surface area contributed by atoms with E-state index in [1.54, 1.807) is 0 Å². The van der Waals surface area contributed by atoms with Gasteiger partial charge in [0.2, 0.25) is 0 Å².